The van der Waals surface area contributed by atoms with Crippen LogP contribution in [0.2, 0.25) is 0 Å². The van der Waals surface area contributed by atoms with Crippen LogP contribution in [0.4, 0.5) is 0 Å². The Bertz CT molecular complexity index is 903. The van der Waals surface area contributed by atoms with E-state index >= 15 is 0 Å². The lowest BCUT2D eigenvalue weighted by atomic mass is 9.97. The Labute approximate surface area is 219 Å². The molecule has 37 heavy (non-hydrogen) atoms. The first-order valence-corrected chi connectivity index (χ1v) is 12.9. The third-order valence-electron chi connectivity index (χ3n) is 6.19. The van der Waals surface area contributed by atoms with Gasteiger partial charge >= 0.3 is 5.97 Å². The number of carbonyl (C=O) groups is 4. The number of aliphatic carboxylic acids is 1. The van der Waals surface area contributed by atoms with Crippen LogP contribution in [-0.4, -0.2) is 58.1 Å². The Balaban J connectivity index is 3.18. The van der Waals surface area contributed by atoms with Gasteiger partial charge in [0.1, 0.15) is 23.9 Å². The number of nitrogens with two attached hydrogens (primary N) is 1. The third kappa shape index (κ3) is 11.2. The van der Waals surface area contributed by atoms with Crippen LogP contribution >= 0.6 is 0 Å². The Morgan fingerprint density at radius 3 is 1.81 bits per heavy atom. The molecule has 1 aromatic carbocycles. The van der Waals surface area contributed by atoms with Crippen LogP contribution in [0.15, 0.2) is 24.3 Å². The molecule has 5 unspecified atom stereocenters. The Morgan fingerprint density at radius 1 is 0.811 bits per heavy atom. The van der Waals surface area contributed by atoms with Gasteiger partial charge < -0.3 is 31.9 Å². The maximum absolute atomic E-state index is 13.3. The van der Waals surface area contributed by atoms with E-state index in [4.69, 9.17) is 5.73 Å². The summed E-state index contributed by atoms with van der Waals surface area (Å²) in [6, 6.07) is 2.21. The first-order valence-electron chi connectivity index (χ1n) is 12.9. The van der Waals surface area contributed by atoms with Crippen molar-refractivity contribution in [2.75, 3.05) is 0 Å². The summed E-state index contributed by atoms with van der Waals surface area (Å²) >= 11 is 0. The summed E-state index contributed by atoms with van der Waals surface area (Å²) in [6.07, 6.45) is 1.37. The second-order valence-corrected chi connectivity index (χ2v) is 10.6. The lowest BCUT2D eigenvalue weighted by molar-refractivity contribution is -0.143. The lowest BCUT2D eigenvalue weighted by Crippen LogP contribution is -2.58. The van der Waals surface area contributed by atoms with Crippen molar-refractivity contribution >= 4 is 23.7 Å². The molecule has 0 spiro atoms. The van der Waals surface area contributed by atoms with Gasteiger partial charge in [-0.25, -0.2) is 4.79 Å². The second kappa shape index (κ2) is 15.2. The fraction of sp³-hybridized carbons (Fsp3) is 0.630. The molecule has 208 valence electrons. The largest absolute Gasteiger partial charge is 0.508 e. The van der Waals surface area contributed by atoms with Crippen LogP contribution in [0.5, 0.6) is 5.75 Å². The number of carboxylic acids is 1. The average molecular weight is 521 g/mol. The van der Waals surface area contributed by atoms with Crippen LogP contribution in [0.1, 0.15) is 66.4 Å². The van der Waals surface area contributed by atoms with Gasteiger partial charge in [0.2, 0.25) is 17.7 Å². The third-order valence-corrected chi connectivity index (χ3v) is 6.19. The molecule has 0 fully saturated rings. The maximum Gasteiger partial charge on any atom is 0.326 e. The molecular formula is C27H44N4O6. The molecule has 0 aliphatic rings. The van der Waals surface area contributed by atoms with Crippen molar-refractivity contribution in [1.82, 2.24) is 16.0 Å². The molecule has 0 saturated carbocycles. The van der Waals surface area contributed by atoms with Crippen molar-refractivity contribution in [2.24, 2.45) is 23.5 Å². The number of phenolic OH excluding ortho intramolecular Hbond substituents is 1. The number of amides is 3. The molecule has 10 heteroatoms. The minimum absolute atomic E-state index is 0.0499. The van der Waals surface area contributed by atoms with E-state index in [1.54, 1.807) is 19.1 Å². The summed E-state index contributed by atoms with van der Waals surface area (Å²) in [5, 5.41) is 27.2. The van der Waals surface area contributed by atoms with Crippen molar-refractivity contribution in [1.29, 1.82) is 0 Å². The lowest BCUT2D eigenvalue weighted by Gasteiger charge is -2.27. The molecule has 0 heterocycles. The number of nitrogens with one attached hydrogen (secondary N) is 3. The molecule has 5 atom stereocenters. The fourth-order valence-electron chi connectivity index (χ4n) is 3.88. The molecule has 0 aliphatic heterocycles. The predicted molar refractivity (Wildman–Crippen MR) is 142 cm³/mol. The molecule has 3 amide bonds. The number of hydrogen-bond donors (Lipinski definition) is 6. The number of rotatable bonds is 15. The zero-order chi connectivity index (χ0) is 28.3. The van der Waals surface area contributed by atoms with Crippen molar-refractivity contribution in [3.8, 4) is 5.75 Å². The van der Waals surface area contributed by atoms with Crippen molar-refractivity contribution in [3.05, 3.63) is 29.8 Å². The van der Waals surface area contributed by atoms with Crippen LogP contribution < -0.4 is 21.7 Å². The van der Waals surface area contributed by atoms with E-state index < -0.39 is 47.9 Å². The molecule has 0 radical (unpaired) electrons. The van der Waals surface area contributed by atoms with E-state index in [2.05, 4.69) is 16.0 Å². The van der Waals surface area contributed by atoms with Crippen LogP contribution in [0, 0.1) is 17.8 Å². The zero-order valence-electron chi connectivity index (χ0n) is 22.8. The van der Waals surface area contributed by atoms with E-state index in [-0.39, 0.29) is 29.9 Å². The zero-order valence-corrected chi connectivity index (χ0v) is 22.8. The first-order chi connectivity index (χ1) is 17.2. The van der Waals surface area contributed by atoms with Gasteiger partial charge in [0.25, 0.3) is 0 Å². The van der Waals surface area contributed by atoms with Gasteiger partial charge in [-0.2, -0.15) is 0 Å². The van der Waals surface area contributed by atoms with Crippen molar-refractivity contribution in [3.63, 3.8) is 0 Å². The molecule has 10 nitrogen and oxygen atoms in total. The highest BCUT2D eigenvalue weighted by Gasteiger charge is 2.32. The average Bonchev–Trinajstić information content (AvgIpc) is 2.81. The number of carbonyl (C=O) groups excluding carboxylic acids is 3. The Hall–Kier alpha value is -3.14. The summed E-state index contributed by atoms with van der Waals surface area (Å²) < 4.78 is 0. The van der Waals surface area contributed by atoms with Gasteiger partial charge in [-0.05, 0) is 48.3 Å². The highest BCUT2D eigenvalue weighted by Crippen LogP contribution is 2.14. The number of hydrogen-bond acceptors (Lipinski definition) is 6. The van der Waals surface area contributed by atoms with Gasteiger partial charge in [0.15, 0.2) is 0 Å². The predicted octanol–water partition coefficient (Wildman–Crippen LogP) is 1.94. The molecule has 0 aromatic heterocycles. The SMILES string of the molecule is CCC(C)C(NC(=O)C(Cc1ccc(O)cc1)NC(=O)C(CC(C)C)NC(=O)C(N)CC(C)C)C(=O)O. The van der Waals surface area contributed by atoms with E-state index in [0.717, 1.165) is 0 Å². The van der Waals surface area contributed by atoms with E-state index in [1.165, 1.54) is 12.1 Å². The molecule has 0 aliphatic carbocycles. The monoisotopic (exact) mass is 520 g/mol. The summed E-state index contributed by atoms with van der Waals surface area (Å²) in [6.45, 7) is 11.3. The van der Waals surface area contributed by atoms with Crippen LogP contribution in [0.3, 0.4) is 0 Å². The number of aromatic hydroxyl groups is 1. The Morgan fingerprint density at radius 2 is 1.32 bits per heavy atom. The minimum Gasteiger partial charge on any atom is -0.508 e. The number of phenols is 1. The molecule has 0 bridgehead atoms. The summed E-state index contributed by atoms with van der Waals surface area (Å²) in [5.41, 5.74) is 6.65. The first kappa shape index (κ1) is 31.9. The molecule has 0 saturated heterocycles. The Kier molecular flexibility index (Phi) is 13.1. The second-order valence-electron chi connectivity index (χ2n) is 10.6. The molecular weight excluding hydrogens is 476 g/mol. The van der Waals surface area contributed by atoms with Gasteiger partial charge in [-0.1, -0.05) is 60.1 Å². The number of carboxylic acid groups (broad SMARTS) is 1. The van der Waals surface area contributed by atoms with Gasteiger partial charge in [-0.3, -0.25) is 14.4 Å². The molecule has 1 rings (SSSR count). The smallest absolute Gasteiger partial charge is 0.326 e. The van der Waals surface area contributed by atoms with E-state index in [1.807, 2.05) is 34.6 Å². The van der Waals surface area contributed by atoms with Gasteiger partial charge in [0.05, 0.1) is 6.04 Å². The maximum atomic E-state index is 13.3. The normalized spacial score (nSPS) is 15.4. The number of benzene rings is 1. The molecule has 1 aromatic rings. The summed E-state index contributed by atoms with van der Waals surface area (Å²) in [5.74, 6) is -2.85. The van der Waals surface area contributed by atoms with Crippen LogP contribution in [-0.2, 0) is 25.6 Å². The molecule has 7 N–H and O–H groups in total. The standard InChI is InChI=1S/C27H44N4O6/c1-7-17(6)23(27(36)37)31-26(35)22(14-18-8-10-19(32)11-9-18)30-25(34)21(13-16(4)5)29-24(33)20(28)12-15(2)3/h8-11,15-17,20-23,32H,7,12-14,28H2,1-6H3,(H,29,33)(H,30,34)(H,31,35)(H,36,37). The summed E-state index contributed by atoms with van der Waals surface area (Å²) in [4.78, 5) is 51.0. The summed E-state index contributed by atoms with van der Waals surface area (Å²) in [7, 11) is 0. The highest BCUT2D eigenvalue weighted by molar-refractivity contribution is 5.94. The fourth-order valence-corrected chi connectivity index (χ4v) is 3.88. The van der Waals surface area contributed by atoms with Crippen molar-refractivity contribution in [2.45, 2.75) is 91.4 Å². The van der Waals surface area contributed by atoms with Crippen molar-refractivity contribution < 1.29 is 29.4 Å². The van der Waals surface area contributed by atoms with E-state index in [0.29, 0.717) is 24.8 Å². The topological polar surface area (TPSA) is 171 Å². The minimum atomic E-state index is -1.17. The highest BCUT2D eigenvalue weighted by atomic mass is 16.4. The van der Waals surface area contributed by atoms with E-state index in [9.17, 15) is 29.4 Å². The van der Waals surface area contributed by atoms with Crippen LogP contribution in [0.25, 0.3) is 0 Å². The van der Waals surface area contributed by atoms with Gasteiger partial charge in [0, 0.05) is 6.42 Å². The van der Waals surface area contributed by atoms with Gasteiger partial charge in [-0.15, -0.1) is 0 Å². The quantitative estimate of drug-likeness (QED) is 0.205.